The average molecular weight is 298 g/mol. The second-order valence-corrected chi connectivity index (χ2v) is 6.36. The summed E-state index contributed by atoms with van der Waals surface area (Å²) in [5.74, 6) is 1.09. The highest BCUT2D eigenvalue weighted by atomic mass is 15.3. The van der Waals surface area contributed by atoms with Crippen molar-refractivity contribution in [2.75, 3.05) is 18.0 Å². The topological polar surface area (TPSA) is 50.1 Å². The lowest BCUT2D eigenvalue weighted by atomic mass is 10.2. The SMILES string of the molecule is Cn1ccc(CN2CCC(N(c3ccncn3)C3CC3)C2)n1. The predicted octanol–water partition coefficient (Wildman–Crippen LogP) is 1.45. The summed E-state index contributed by atoms with van der Waals surface area (Å²) < 4.78 is 1.88. The zero-order valence-electron chi connectivity index (χ0n) is 13.0. The van der Waals surface area contributed by atoms with Gasteiger partial charge in [0.05, 0.1) is 5.69 Å². The molecule has 1 aliphatic heterocycles. The molecule has 116 valence electrons. The summed E-state index contributed by atoms with van der Waals surface area (Å²) in [7, 11) is 1.97. The van der Waals surface area contributed by atoms with E-state index in [9.17, 15) is 0 Å². The first-order valence-corrected chi connectivity index (χ1v) is 8.05. The molecule has 2 aromatic heterocycles. The summed E-state index contributed by atoms with van der Waals surface area (Å²) in [6.07, 6.45) is 9.30. The number of hydrogen-bond donors (Lipinski definition) is 0. The Bertz CT molecular complexity index is 621. The van der Waals surface area contributed by atoms with E-state index in [2.05, 4.69) is 30.9 Å². The molecule has 0 bridgehead atoms. The molecule has 2 aromatic rings. The molecular weight excluding hydrogens is 276 g/mol. The molecule has 0 radical (unpaired) electrons. The zero-order valence-corrected chi connectivity index (χ0v) is 13.0. The normalized spacial score (nSPS) is 22.1. The Morgan fingerprint density at radius 3 is 2.82 bits per heavy atom. The van der Waals surface area contributed by atoms with Gasteiger partial charge in [-0.15, -0.1) is 0 Å². The van der Waals surface area contributed by atoms with Gasteiger partial charge in [0.1, 0.15) is 12.1 Å². The van der Waals surface area contributed by atoms with Gasteiger partial charge in [0, 0.05) is 51.2 Å². The van der Waals surface area contributed by atoms with Crippen LogP contribution >= 0.6 is 0 Å². The third kappa shape index (κ3) is 2.83. The zero-order chi connectivity index (χ0) is 14.9. The third-order valence-corrected chi connectivity index (χ3v) is 4.57. The molecular formula is C16H22N6. The van der Waals surface area contributed by atoms with E-state index in [1.807, 2.05) is 30.2 Å². The van der Waals surface area contributed by atoms with Crippen LogP contribution in [0.25, 0.3) is 0 Å². The molecule has 1 aliphatic carbocycles. The van der Waals surface area contributed by atoms with Crippen LogP contribution in [0.4, 0.5) is 5.82 Å². The molecule has 0 N–H and O–H groups in total. The van der Waals surface area contributed by atoms with Gasteiger partial charge in [0.15, 0.2) is 0 Å². The lowest BCUT2D eigenvalue weighted by molar-refractivity contribution is 0.319. The van der Waals surface area contributed by atoms with Crippen molar-refractivity contribution in [3.05, 3.63) is 36.5 Å². The third-order valence-electron chi connectivity index (χ3n) is 4.57. The monoisotopic (exact) mass is 298 g/mol. The molecule has 0 amide bonds. The van der Waals surface area contributed by atoms with E-state index in [4.69, 9.17) is 0 Å². The number of nitrogens with zero attached hydrogens (tertiary/aromatic N) is 6. The summed E-state index contributed by atoms with van der Waals surface area (Å²) >= 11 is 0. The van der Waals surface area contributed by atoms with E-state index in [0.29, 0.717) is 12.1 Å². The molecule has 1 atom stereocenters. The molecule has 22 heavy (non-hydrogen) atoms. The summed E-state index contributed by atoms with van der Waals surface area (Å²) in [4.78, 5) is 13.6. The fourth-order valence-corrected chi connectivity index (χ4v) is 3.42. The Balaban J connectivity index is 1.44. The first-order chi connectivity index (χ1) is 10.8. The standard InChI is InChI=1S/C16H22N6/c1-20-8-5-13(19-20)10-21-9-6-15(11-21)22(14-2-3-14)16-4-7-17-12-18-16/h4-5,7-8,12,14-15H,2-3,6,9-11H2,1H3. The summed E-state index contributed by atoms with van der Waals surface area (Å²) in [6.45, 7) is 3.17. The van der Waals surface area contributed by atoms with Gasteiger partial charge in [-0.1, -0.05) is 0 Å². The van der Waals surface area contributed by atoms with Crippen LogP contribution in [0, 0.1) is 0 Å². The Hall–Kier alpha value is -1.95. The number of likely N-dealkylation sites (tertiary alicyclic amines) is 1. The Morgan fingerprint density at radius 1 is 1.23 bits per heavy atom. The van der Waals surface area contributed by atoms with Gasteiger partial charge in [0.25, 0.3) is 0 Å². The Labute approximate surface area is 130 Å². The smallest absolute Gasteiger partial charge is 0.132 e. The summed E-state index contributed by atoms with van der Waals surface area (Å²) in [5.41, 5.74) is 1.16. The molecule has 6 nitrogen and oxygen atoms in total. The van der Waals surface area contributed by atoms with E-state index in [0.717, 1.165) is 31.1 Å². The Morgan fingerprint density at radius 2 is 2.14 bits per heavy atom. The van der Waals surface area contributed by atoms with Crippen LogP contribution in [0.1, 0.15) is 25.0 Å². The molecule has 1 unspecified atom stereocenters. The molecule has 0 aromatic carbocycles. The van der Waals surface area contributed by atoms with Crippen molar-refractivity contribution in [2.24, 2.45) is 7.05 Å². The Kier molecular flexibility index (Phi) is 3.54. The fourth-order valence-electron chi connectivity index (χ4n) is 3.42. The molecule has 4 rings (SSSR count). The van der Waals surface area contributed by atoms with Gasteiger partial charge >= 0.3 is 0 Å². The van der Waals surface area contributed by atoms with Crippen molar-refractivity contribution in [3.63, 3.8) is 0 Å². The van der Waals surface area contributed by atoms with Crippen LogP contribution in [0.5, 0.6) is 0 Å². The predicted molar refractivity (Wildman–Crippen MR) is 84.4 cm³/mol. The average Bonchev–Trinajstić information content (AvgIpc) is 3.12. The van der Waals surface area contributed by atoms with E-state index < -0.39 is 0 Å². The molecule has 2 aliphatic rings. The minimum absolute atomic E-state index is 0.561. The second-order valence-electron chi connectivity index (χ2n) is 6.36. The molecule has 0 spiro atoms. The fraction of sp³-hybridized carbons (Fsp3) is 0.562. The van der Waals surface area contributed by atoms with Gasteiger partial charge in [-0.2, -0.15) is 5.10 Å². The number of aromatic nitrogens is 4. The summed E-state index contributed by atoms with van der Waals surface area (Å²) in [6, 6.07) is 5.39. The van der Waals surface area contributed by atoms with Gasteiger partial charge < -0.3 is 4.90 Å². The van der Waals surface area contributed by atoms with Crippen molar-refractivity contribution in [3.8, 4) is 0 Å². The number of aryl methyl sites for hydroxylation is 1. The van der Waals surface area contributed by atoms with Gasteiger partial charge in [0.2, 0.25) is 0 Å². The maximum absolute atomic E-state index is 4.49. The maximum Gasteiger partial charge on any atom is 0.132 e. The highest BCUT2D eigenvalue weighted by Crippen LogP contribution is 2.34. The maximum atomic E-state index is 4.49. The lowest BCUT2D eigenvalue weighted by Crippen LogP contribution is -2.39. The largest absolute Gasteiger partial charge is 0.349 e. The van der Waals surface area contributed by atoms with Crippen LogP contribution < -0.4 is 4.90 Å². The minimum atomic E-state index is 0.561. The van der Waals surface area contributed by atoms with Crippen molar-refractivity contribution in [2.45, 2.75) is 37.9 Å². The molecule has 6 heteroatoms. The lowest BCUT2D eigenvalue weighted by Gasteiger charge is -2.30. The van der Waals surface area contributed by atoms with Gasteiger partial charge in [-0.3, -0.25) is 9.58 Å². The second kappa shape index (κ2) is 5.68. The van der Waals surface area contributed by atoms with Crippen LogP contribution in [-0.2, 0) is 13.6 Å². The van der Waals surface area contributed by atoms with E-state index in [1.165, 1.54) is 19.3 Å². The summed E-state index contributed by atoms with van der Waals surface area (Å²) in [5, 5.41) is 4.49. The highest BCUT2D eigenvalue weighted by molar-refractivity contribution is 5.42. The quantitative estimate of drug-likeness (QED) is 0.836. The van der Waals surface area contributed by atoms with Crippen molar-refractivity contribution in [1.82, 2.24) is 24.6 Å². The van der Waals surface area contributed by atoms with Crippen LogP contribution in [0.3, 0.4) is 0 Å². The van der Waals surface area contributed by atoms with Crippen molar-refractivity contribution >= 4 is 5.82 Å². The number of rotatable bonds is 5. The van der Waals surface area contributed by atoms with E-state index in [-0.39, 0.29) is 0 Å². The molecule has 1 saturated carbocycles. The van der Waals surface area contributed by atoms with Crippen molar-refractivity contribution < 1.29 is 0 Å². The molecule has 3 heterocycles. The molecule has 2 fully saturated rings. The van der Waals surface area contributed by atoms with Crippen LogP contribution in [0.15, 0.2) is 30.9 Å². The van der Waals surface area contributed by atoms with Gasteiger partial charge in [-0.25, -0.2) is 9.97 Å². The van der Waals surface area contributed by atoms with Crippen molar-refractivity contribution in [1.29, 1.82) is 0 Å². The molecule has 1 saturated heterocycles. The first-order valence-electron chi connectivity index (χ1n) is 8.05. The number of hydrogen-bond acceptors (Lipinski definition) is 5. The van der Waals surface area contributed by atoms with Crippen LogP contribution in [-0.4, -0.2) is 49.8 Å². The number of anilines is 1. The highest BCUT2D eigenvalue weighted by Gasteiger charge is 2.38. The van der Waals surface area contributed by atoms with Crippen LogP contribution in [0.2, 0.25) is 0 Å². The van der Waals surface area contributed by atoms with Gasteiger partial charge in [-0.05, 0) is 31.4 Å². The van der Waals surface area contributed by atoms with E-state index in [1.54, 1.807) is 6.33 Å². The van der Waals surface area contributed by atoms with E-state index >= 15 is 0 Å². The minimum Gasteiger partial charge on any atom is -0.349 e. The first kappa shape index (κ1) is 13.7.